The molecule has 5 nitrogen and oxygen atoms in total. The first-order valence-corrected chi connectivity index (χ1v) is 5.51. The third kappa shape index (κ3) is 2.44. The number of nitrogens with one attached hydrogen (secondary N) is 1. The molecule has 0 saturated heterocycles. The molecule has 5 heteroatoms. The van der Waals surface area contributed by atoms with Gasteiger partial charge in [0.05, 0.1) is 11.8 Å². The Balaban J connectivity index is 2.33. The lowest BCUT2D eigenvalue weighted by atomic mass is 9.96. The molecule has 1 aromatic heterocycles. The van der Waals surface area contributed by atoms with Gasteiger partial charge in [0, 0.05) is 0 Å². The van der Waals surface area contributed by atoms with E-state index in [0.717, 1.165) is 11.1 Å². The molecule has 2 rings (SSSR count). The molecule has 0 radical (unpaired) electrons. The second-order valence-electron chi connectivity index (χ2n) is 3.96. The summed E-state index contributed by atoms with van der Waals surface area (Å²) < 4.78 is 0. The molecule has 0 spiro atoms. The SMILES string of the molecule is Cc1ccc([C@@H](C#N)c2ccc(NN)nn2)cc1. The van der Waals surface area contributed by atoms with Crippen LogP contribution in [0.1, 0.15) is 22.7 Å². The van der Waals surface area contributed by atoms with Crippen LogP contribution in [-0.4, -0.2) is 10.2 Å². The van der Waals surface area contributed by atoms with E-state index in [0.29, 0.717) is 11.5 Å². The van der Waals surface area contributed by atoms with Gasteiger partial charge in [-0.3, -0.25) is 0 Å². The van der Waals surface area contributed by atoms with Gasteiger partial charge in [-0.25, -0.2) is 5.84 Å². The third-order valence-corrected chi connectivity index (χ3v) is 2.67. The van der Waals surface area contributed by atoms with Crippen LogP contribution in [0.2, 0.25) is 0 Å². The van der Waals surface area contributed by atoms with Crippen molar-refractivity contribution >= 4 is 5.82 Å². The Morgan fingerprint density at radius 1 is 1.17 bits per heavy atom. The molecule has 3 N–H and O–H groups in total. The molecular formula is C13H13N5. The zero-order chi connectivity index (χ0) is 13.0. The number of hydrazine groups is 1. The number of aryl methyl sites for hydroxylation is 1. The third-order valence-electron chi connectivity index (χ3n) is 2.67. The van der Waals surface area contributed by atoms with Crippen molar-refractivity contribution in [3.05, 3.63) is 53.2 Å². The number of nitriles is 1. The van der Waals surface area contributed by atoms with E-state index in [1.165, 1.54) is 0 Å². The highest BCUT2D eigenvalue weighted by molar-refractivity contribution is 5.38. The number of nitrogen functional groups attached to an aromatic ring is 1. The minimum atomic E-state index is -0.412. The topological polar surface area (TPSA) is 87.6 Å². The molecule has 18 heavy (non-hydrogen) atoms. The average molecular weight is 239 g/mol. The highest BCUT2D eigenvalue weighted by Crippen LogP contribution is 2.22. The van der Waals surface area contributed by atoms with Gasteiger partial charge < -0.3 is 5.43 Å². The van der Waals surface area contributed by atoms with E-state index in [2.05, 4.69) is 21.7 Å². The summed E-state index contributed by atoms with van der Waals surface area (Å²) in [5.41, 5.74) is 5.08. The minimum Gasteiger partial charge on any atom is -0.307 e. The molecular weight excluding hydrogens is 226 g/mol. The fourth-order valence-corrected chi connectivity index (χ4v) is 1.64. The highest BCUT2D eigenvalue weighted by atomic mass is 15.3. The molecule has 0 saturated carbocycles. The zero-order valence-corrected chi connectivity index (χ0v) is 9.96. The fraction of sp³-hybridized carbons (Fsp3) is 0.154. The molecule has 0 aliphatic heterocycles. The van der Waals surface area contributed by atoms with Crippen LogP contribution in [0.5, 0.6) is 0 Å². The number of rotatable bonds is 3. The van der Waals surface area contributed by atoms with E-state index in [9.17, 15) is 5.26 Å². The number of hydrogen-bond acceptors (Lipinski definition) is 5. The van der Waals surface area contributed by atoms with E-state index in [4.69, 9.17) is 5.84 Å². The number of aromatic nitrogens is 2. The minimum absolute atomic E-state index is 0.412. The van der Waals surface area contributed by atoms with E-state index < -0.39 is 5.92 Å². The number of anilines is 1. The Kier molecular flexibility index (Phi) is 3.51. The fourth-order valence-electron chi connectivity index (χ4n) is 1.64. The van der Waals surface area contributed by atoms with Gasteiger partial charge in [-0.1, -0.05) is 29.8 Å². The van der Waals surface area contributed by atoms with Crippen molar-refractivity contribution in [2.24, 2.45) is 5.84 Å². The molecule has 1 atom stereocenters. The number of hydrogen-bond donors (Lipinski definition) is 2. The Morgan fingerprint density at radius 3 is 2.39 bits per heavy atom. The number of nitrogens with two attached hydrogens (primary N) is 1. The summed E-state index contributed by atoms with van der Waals surface area (Å²) in [5, 5.41) is 17.1. The second-order valence-corrected chi connectivity index (χ2v) is 3.96. The lowest BCUT2D eigenvalue weighted by Crippen LogP contribution is -2.10. The molecule has 90 valence electrons. The van der Waals surface area contributed by atoms with Gasteiger partial charge in [0.15, 0.2) is 5.82 Å². The molecule has 0 bridgehead atoms. The lowest BCUT2D eigenvalue weighted by molar-refractivity contribution is 0.884. The average Bonchev–Trinajstić information content (AvgIpc) is 2.42. The van der Waals surface area contributed by atoms with Crippen molar-refractivity contribution in [3.8, 4) is 6.07 Å². The van der Waals surface area contributed by atoms with Gasteiger partial charge in [0.1, 0.15) is 5.92 Å². The van der Waals surface area contributed by atoms with Crippen LogP contribution in [0, 0.1) is 18.3 Å². The summed E-state index contributed by atoms with van der Waals surface area (Å²) in [5.74, 6) is 5.28. The van der Waals surface area contributed by atoms with Crippen molar-refractivity contribution < 1.29 is 0 Å². The van der Waals surface area contributed by atoms with Crippen LogP contribution in [0.25, 0.3) is 0 Å². The van der Waals surface area contributed by atoms with E-state index >= 15 is 0 Å². The van der Waals surface area contributed by atoms with Crippen LogP contribution in [0.15, 0.2) is 36.4 Å². The maximum Gasteiger partial charge on any atom is 0.162 e. The Morgan fingerprint density at radius 2 is 1.89 bits per heavy atom. The molecule has 1 aromatic carbocycles. The number of benzene rings is 1. The normalized spacial score (nSPS) is 11.6. The van der Waals surface area contributed by atoms with Gasteiger partial charge in [-0.2, -0.15) is 10.4 Å². The summed E-state index contributed by atoms with van der Waals surface area (Å²) in [6.07, 6.45) is 0. The highest BCUT2D eigenvalue weighted by Gasteiger charge is 2.15. The summed E-state index contributed by atoms with van der Waals surface area (Å²) in [6, 6.07) is 13.5. The Labute approximate surface area is 105 Å². The molecule has 2 aromatic rings. The van der Waals surface area contributed by atoms with E-state index in [1.54, 1.807) is 12.1 Å². The van der Waals surface area contributed by atoms with Crippen molar-refractivity contribution in [3.63, 3.8) is 0 Å². The summed E-state index contributed by atoms with van der Waals surface area (Å²) in [4.78, 5) is 0. The van der Waals surface area contributed by atoms with Gasteiger partial charge in [0.2, 0.25) is 0 Å². The van der Waals surface area contributed by atoms with Crippen LogP contribution in [-0.2, 0) is 0 Å². The molecule has 0 unspecified atom stereocenters. The molecule has 0 amide bonds. The second kappa shape index (κ2) is 5.25. The van der Waals surface area contributed by atoms with Gasteiger partial charge >= 0.3 is 0 Å². The van der Waals surface area contributed by atoms with Crippen molar-refractivity contribution in [2.45, 2.75) is 12.8 Å². The van der Waals surface area contributed by atoms with E-state index in [-0.39, 0.29) is 0 Å². The van der Waals surface area contributed by atoms with Crippen molar-refractivity contribution in [1.82, 2.24) is 10.2 Å². The van der Waals surface area contributed by atoms with E-state index in [1.807, 2.05) is 31.2 Å². The molecule has 1 heterocycles. The number of nitrogens with zero attached hydrogens (tertiary/aromatic N) is 3. The Hall–Kier alpha value is -2.45. The maximum absolute atomic E-state index is 9.27. The lowest BCUT2D eigenvalue weighted by Gasteiger charge is -2.09. The first kappa shape index (κ1) is 12.0. The van der Waals surface area contributed by atoms with Gasteiger partial charge in [-0.15, -0.1) is 5.10 Å². The summed E-state index contributed by atoms with van der Waals surface area (Å²) in [6.45, 7) is 2.01. The maximum atomic E-state index is 9.27. The quantitative estimate of drug-likeness (QED) is 0.629. The first-order chi connectivity index (χ1) is 8.74. The smallest absolute Gasteiger partial charge is 0.162 e. The molecule has 0 fully saturated rings. The summed E-state index contributed by atoms with van der Waals surface area (Å²) >= 11 is 0. The standard InChI is InChI=1S/C13H13N5/c1-9-2-4-10(5-3-9)11(8-14)12-6-7-13(16-15)18-17-12/h2-7,11H,15H2,1H3,(H,16,18)/t11-/m1/s1. The largest absolute Gasteiger partial charge is 0.307 e. The summed E-state index contributed by atoms with van der Waals surface area (Å²) in [7, 11) is 0. The van der Waals surface area contributed by atoms with Gasteiger partial charge in [0.25, 0.3) is 0 Å². The molecule has 0 aliphatic rings. The van der Waals surface area contributed by atoms with Crippen LogP contribution in [0.4, 0.5) is 5.82 Å². The van der Waals surface area contributed by atoms with Crippen LogP contribution in [0.3, 0.4) is 0 Å². The van der Waals surface area contributed by atoms with Crippen molar-refractivity contribution in [1.29, 1.82) is 5.26 Å². The van der Waals surface area contributed by atoms with Crippen LogP contribution >= 0.6 is 0 Å². The van der Waals surface area contributed by atoms with Crippen molar-refractivity contribution in [2.75, 3.05) is 5.43 Å². The van der Waals surface area contributed by atoms with Gasteiger partial charge in [-0.05, 0) is 24.6 Å². The monoisotopic (exact) mass is 239 g/mol. The predicted molar refractivity (Wildman–Crippen MR) is 68.5 cm³/mol. The zero-order valence-electron chi connectivity index (χ0n) is 9.96. The molecule has 0 aliphatic carbocycles. The van der Waals surface area contributed by atoms with Crippen LogP contribution < -0.4 is 11.3 Å². The first-order valence-electron chi connectivity index (χ1n) is 5.51. The predicted octanol–water partition coefficient (Wildman–Crippen LogP) is 1.73. The Bertz CT molecular complexity index is 553.